The quantitative estimate of drug-likeness (QED) is 0.824. The van der Waals surface area contributed by atoms with Crippen molar-refractivity contribution in [1.29, 1.82) is 0 Å². The van der Waals surface area contributed by atoms with Crippen LogP contribution in [-0.4, -0.2) is 32.2 Å². The highest BCUT2D eigenvalue weighted by atomic mass is 32.2. The first kappa shape index (κ1) is 17.1. The number of likely N-dealkylation sites (tertiary alicyclic amines) is 1. The summed E-state index contributed by atoms with van der Waals surface area (Å²) in [6, 6.07) is 7.40. The van der Waals surface area contributed by atoms with E-state index in [4.69, 9.17) is 9.56 Å². The van der Waals surface area contributed by atoms with Crippen molar-refractivity contribution in [3.05, 3.63) is 45.8 Å². The number of nitrogens with two attached hydrogens (primary N) is 1. The third kappa shape index (κ3) is 4.03. The van der Waals surface area contributed by atoms with E-state index in [2.05, 4.69) is 17.9 Å². The molecule has 24 heavy (non-hydrogen) atoms. The standard InChI is InChI=1S/C17H22N2O4S/c1-2-12-3-4-16-15(7-12)14(8-17(20)23-16)10-19-6-5-13(9-19)11-24(18,21)22/h3-4,7-8,13H,2,5-6,9-11H2,1H3,(H2,18,21,22). The number of rotatable bonds is 5. The van der Waals surface area contributed by atoms with Gasteiger partial charge in [-0.2, -0.15) is 0 Å². The molecule has 3 rings (SSSR count). The number of sulfonamides is 1. The molecule has 1 aromatic carbocycles. The maximum Gasteiger partial charge on any atom is 0.336 e. The van der Waals surface area contributed by atoms with Crippen LogP contribution in [0.1, 0.15) is 24.5 Å². The zero-order chi connectivity index (χ0) is 17.3. The minimum atomic E-state index is -3.45. The molecule has 0 aliphatic carbocycles. The molecular formula is C17H22N2O4S. The first-order valence-electron chi connectivity index (χ1n) is 8.12. The van der Waals surface area contributed by atoms with Crippen molar-refractivity contribution in [1.82, 2.24) is 4.90 Å². The Morgan fingerprint density at radius 3 is 2.83 bits per heavy atom. The summed E-state index contributed by atoms with van der Waals surface area (Å²) in [5, 5.41) is 6.09. The smallest absolute Gasteiger partial charge is 0.336 e. The Balaban J connectivity index is 1.84. The molecule has 1 aliphatic heterocycles. The highest BCUT2D eigenvalue weighted by Crippen LogP contribution is 2.24. The SMILES string of the molecule is CCc1ccc2oc(=O)cc(CN3CCC(CS(N)(=O)=O)C3)c2c1. The second kappa shape index (κ2) is 6.66. The van der Waals surface area contributed by atoms with Crippen molar-refractivity contribution in [2.45, 2.75) is 26.3 Å². The van der Waals surface area contributed by atoms with E-state index in [1.807, 2.05) is 12.1 Å². The molecule has 0 amide bonds. The Morgan fingerprint density at radius 1 is 1.33 bits per heavy atom. The molecule has 0 bridgehead atoms. The van der Waals surface area contributed by atoms with E-state index in [0.717, 1.165) is 30.3 Å². The molecule has 1 fully saturated rings. The minimum Gasteiger partial charge on any atom is -0.423 e. The van der Waals surface area contributed by atoms with Gasteiger partial charge >= 0.3 is 5.63 Å². The van der Waals surface area contributed by atoms with Crippen LogP contribution in [0, 0.1) is 5.92 Å². The van der Waals surface area contributed by atoms with Crippen LogP contribution >= 0.6 is 0 Å². The van der Waals surface area contributed by atoms with Crippen molar-refractivity contribution in [3.63, 3.8) is 0 Å². The molecule has 0 saturated carbocycles. The van der Waals surface area contributed by atoms with Crippen molar-refractivity contribution in [2.75, 3.05) is 18.8 Å². The van der Waals surface area contributed by atoms with E-state index in [9.17, 15) is 13.2 Å². The van der Waals surface area contributed by atoms with E-state index >= 15 is 0 Å². The molecule has 0 spiro atoms. The Bertz CT molecular complexity index is 904. The van der Waals surface area contributed by atoms with Crippen molar-refractivity contribution < 1.29 is 12.8 Å². The first-order chi connectivity index (χ1) is 11.3. The zero-order valence-corrected chi connectivity index (χ0v) is 14.5. The molecule has 1 saturated heterocycles. The molecule has 1 unspecified atom stereocenters. The third-order valence-corrected chi connectivity index (χ3v) is 5.47. The fourth-order valence-corrected chi connectivity index (χ4v) is 4.32. The van der Waals surface area contributed by atoms with Crippen molar-refractivity contribution in [2.24, 2.45) is 11.1 Å². The molecule has 6 nitrogen and oxygen atoms in total. The van der Waals surface area contributed by atoms with Crippen LogP contribution < -0.4 is 10.8 Å². The lowest BCUT2D eigenvalue weighted by molar-refractivity contribution is 0.321. The van der Waals surface area contributed by atoms with Gasteiger partial charge in [-0.1, -0.05) is 13.0 Å². The van der Waals surface area contributed by atoms with Gasteiger partial charge in [0.25, 0.3) is 0 Å². The normalized spacial score (nSPS) is 19.2. The molecule has 2 N–H and O–H groups in total. The number of primary sulfonamides is 1. The summed E-state index contributed by atoms with van der Waals surface area (Å²) < 4.78 is 27.8. The van der Waals surface area contributed by atoms with Crippen LogP contribution in [0.3, 0.4) is 0 Å². The van der Waals surface area contributed by atoms with Crippen LogP contribution in [0.2, 0.25) is 0 Å². The molecule has 2 aromatic rings. The van der Waals surface area contributed by atoms with Crippen molar-refractivity contribution in [3.8, 4) is 0 Å². The predicted molar refractivity (Wildman–Crippen MR) is 93.2 cm³/mol. The summed E-state index contributed by atoms with van der Waals surface area (Å²) in [5.41, 5.74) is 2.34. The molecule has 2 heterocycles. The van der Waals surface area contributed by atoms with Gasteiger partial charge in [-0.25, -0.2) is 18.4 Å². The number of hydrogen-bond donors (Lipinski definition) is 1. The van der Waals surface area contributed by atoms with E-state index in [0.29, 0.717) is 18.7 Å². The number of nitrogens with zero attached hydrogens (tertiary/aromatic N) is 1. The average Bonchev–Trinajstić information content (AvgIpc) is 2.91. The fourth-order valence-electron chi connectivity index (χ4n) is 3.39. The molecule has 1 aromatic heterocycles. The largest absolute Gasteiger partial charge is 0.423 e. The number of benzene rings is 1. The van der Waals surface area contributed by atoms with Gasteiger partial charge in [0.15, 0.2) is 0 Å². The summed E-state index contributed by atoms with van der Waals surface area (Å²) >= 11 is 0. The molecule has 1 aliphatic rings. The summed E-state index contributed by atoms with van der Waals surface area (Å²) in [4.78, 5) is 14.0. The van der Waals surface area contributed by atoms with E-state index in [-0.39, 0.29) is 17.3 Å². The number of fused-ring (bicyclic) bond motifs is 1. The second-order valence-electron chi connectivity index (χ2n) is 6.49. The minimum absolute atomic E-state index is 0.0150. The second-order valence-corrected chi connectivity index (χ2v) is 8.15. The molecule has 130 valence electrons. The summed E-state index contributed by atoms with van der Waals surface area (Å²) in [7, 11) is -3.45. The predicted octanol–water partition coefficient (Wildman–Crippen LogP) is 1.47. The highest BCUT2D eigenvalue weighted by molar-refractivity contribution is 7.89. The monoisotopic (exact) mass is 350 g/mol. The maximum atomic E-state index is 11.8. The van der Waals surface area contributed by atoms with E-state index < -0.39 is 10.0 Å². The van der Waals surface area contributed by atoms with Gasteiger partial charge in [0.1, 0.15) is 5.58 Å². The highest BCUT2D eigenvalue weighted by Gasteiger charge is 2.26. The zero-order valence-electron chi connectivity index (χ0n) is 13.7. The average molecular weight is 350 g/mol. The van der Waals surface area contributed by atoms with Gasteiger partial charge in [-0.05, 0) is 48.6 Å². The number of hydrogen-bond acceptors (Lipinski definition) is 5. The summed E-state index contributed by atoms with van der Waals surface area (Å²) in [5.74, 6) is 0.0684. The lowest BCUT2D eigenvalue weighted by Gasteiger charge is -2.17. The van der Waals surface area contributed by atoms with Gasteiger partial charge in [0.2, 0.25) is 10.0 Å². The molecular weight excluding hydrogens is 328 g/mol. The third-order valence-electron chi connectivity index (χ3n) is 4.53. The first-order valence-corrected chi connectivity index (χ1v) is 9.84. The topological polar surface area (TPSA) is 93.6 Å². The Labute approximate surface area is 141 Å². The maximum absolute atomic E-state index is 11.8. The lowest BCUT2D eigenvalue weighted by Crippen LogP contribution is -2.26. The van der Waals surface area contributed by atoms with Crippen molar-refractivity contribution >= 4 is 21.0 Å². The Morgan fingerprint density at radius 2 is 2.12 bits per heavy atom. The number of aryl methyl sites for hydroxylation is 1. The van der Waals surface area contributed by atoms with Crippen LogP contribution in [-0.2, 0) is 23.0 Å². The summed E-state index contributed by atoms with van der Waals surface area (Å²) in [6.45, 7) is 4.16. The van der Waals surface area contributed by atoms with Gasteiger partial charge in [-0.15, -0.1) is 0 Å². The van der Waals surface area contributed by atoms with Gasteiger partial charge < -0.3 is 4.42 Å². The molecule has 7 heteroatoms. The van der Waals surface area contributed by atoms with E-state index in [1.54, 1.807) is 0 Å². The van der Waals surface area contributed by atoms with Crippen LogP contribution in [0.15, 0.2) is 33.5 Å². The van der Waals surface area contributed by atoms with Gasteiger partial charge in [0, 0.05) is 24.5 Å². The van der Waals surface area contributed by atoms with Crippen LogP contribution in [0.4, 0.5) is 0 Å². The van der Waals surface area contributed by atoms with Crippen LogP contribution in [0.25, 0.3) is 11.0 Å². The molecule has 0 radical (unpaired) electrons. The van der Waals surface area contributed by atoms with Gasteiger partial charge in [0.05, 0.1) is 5.75 Å². The van der Waals surface area contributed by atoms with Crippen LogP contribution in [0.5, 0.6) is 0 Å². The summed E-state index contributed by atoms with van der Waals surface area (Å²) in [6.07, 6.45) is 1.71. The Hall–Kier alpha value is -1.70. The Kier molecular flexibility index (Phi) is 4.76. The molecule has 1 atom stereocenters. The fraction of sp³-hybridized carbons (Fsp3) is 0.471. The lowest BCUT2D eigenvalue weighted by atomic mass is 10.1. The van der Waals surface area contributed by atoms with Gasteiger partial charge in [-0.3, -0.25) is 4.90 Å². The van der Waals surface area contributed by atoms with E-state index in [1.165, 1.54) is 11.6 Å².